The molecule has 0 spiro atoms. The molecule has 3 heteroatoms. The van der Waals surface area contributed by atoms with Crippen LogP contribution in [0, 0.1) is 11.8 Å². The Morgan fingerprint density at radius 3 is 2.38 bits per heavy atom. The van der Waals surface area contributed by atoms with Crippen LogP contribution in [0.5, 0.6) is 0 Å². The van der Waals surface area contributed by atoms with Crippen molar-refractivity contribution in [1.82, 2.24) is 10.4 Å². The maximum Gasteiger partial charge on any atom is 0.0450 e. The van der Waals surface area contributed by atoms with Crippen LogP contribution >= 0.6 is 0 Å². The molecule has 1 aliphatic carbocycles. The summed E-state index contributed by atoms with van der Waals surface area (Å²) in [6.45, 7) is 10.2. The van der Waals surface area contributed by atoms with Crippen LogP contribution in [-0.4, -0.2) is 29.2 Å². The van der Waals surface area contributed by atoms with Gasteiger partial charge < -0.3 is 5.73 Å². The highest BCUT2D eigenvalue weighted by Gasteiger charge is 2.39. The third kappa shape index (κ3) is 4.43. The highest BCUT2D eigenvalue weighted by atomic mass is 15.6. The van der Waals surface area contributed by atoms with Gasteiger partial charge in [0.2, 0.25) is 0 Å². The summed E-state index contributed by atoms with van der Waals surface area (Å²) < 4.78 is 0. The van der Waals surface area contributed by atoms with Crippen molar-refractivity contribution in [2.45, 2.75) is 96.7 Å². The highest BCUT2D eigenvalue weighted by Crippen LogP contribution is 2.36. The van der Waals surface area contributed by atoms with E-state index in [2.05, 4.69) is 38.1 Å². The van der Waals surface area contributed by atoms with Crippen LogP contribution < -0.4 is 11.2 Å². The molecule has 0 aromatic carbocycles. The molecule has 4 atom stereocenters. The lowest BCUT2D eigenvalue weighted by molar-refractivity contribution is -0.0179. The molecule has 1 aliphatic heterocycles. The monoisotopic (exact) mass is 295 g/mol. The standard InChI is InChI=1S/C18H37N3/c1-14(2)11-17-9-6-10-18(12-17,13-19)20-21-15(3)7-5-8-16(21)4/h14-17,20H,5-13,19H2,1-4H3. The van der Waals surface area contributed by atoms with Crippen molar-refractivity contribution >= 4 is 0 Å². The third-order valence-corrected chi connectivity index (χ3v) is 5.70. The Morgan fingerprint density at radius 1 is 1.14 bits per heavy atom. The van der Waals surface area contributed by atoms with Crippen molar-refractivity contribution in [3.63, 3.8) is 0 Å². The molecule has 2 aliphatic rings. The Balaban J connectivity index is 2.02. The third-order valence-electron chi connectivity index (χ3n) is 5.70. The Morgan fingerprint density at radius 2 is 1.81 bits per heavy atom. The van der Waals surface area contributed by atoms with E-state index in [1.54, 1.807) is 0 Å². The number of hydrazine groups is 1. The summed E-state index contributed by atoms with van der Waals surface area (Å²) in [6.07, 6.45) is 10.6. The maximum absolute atomic E-state index is 6.25. The Bertz CT molecular complexity index is 308. The lowest BCUT2D eigenvalue weighted by Gasteiger charge is -2.49. The van der Waals surface area contributed by atoms with Crippen molar-refractivity contribution in [3.8, 4) is 0 Å². The molecular formula is C18H37N3. The summed E-state index contributed by atoms with van der Waals surface area (Å²) in [5.74, 6) is 1.65. The summed E-state index contributed by atoms with van der Waals surface area (Å²) in [6, 6.07) is 1.28. The molecule has 0 aromatic rings. The fraction of sp³-hybridized carbons (Fsp3) is 1.00. The van der Waals surface area contributed by atoms with Gasteiger partial charge in [-0.1, -0.05) is 33.1 Å². The molecular weight excluding hydrogens is 258 g/mol. The summed E-state index contributed by atoms with van der Waals surface area (Å²) >= 11 is 0. The lowest BCUT2D eigenvalue weighted by atomic mass is 9.73. The normalized spacial score (nSPS) is 38.9. The van der Waals surface area contributed by atoms with Gasteiger partial charge in [0.15, 0.2) is 0 Å². The minimum atomic E-state index is 0.150. The van der Waals surface area contributed by atoms with E-state index in [1.807, 2.05) is 0 Å². The van der Waals surface area contributed by atoms with Gasteiger partial charge >= 0.3 is 0 Å². The van der Waals surface area contributed by atoms with E-state index in [0.29, 0.717) is 12.1 Å². The molecule has 1 heterocycles. The molecule has 1 saturated heterocycles. The SMILES string of the molecule is CC(C)CC1CCCC(CN)(NN2C(C)CCCC2C)C1. The van der Waals surface area contributed by atoms with Crippen LogP contribution in [0.1, 0.15) is 79.1 Å². The van der Waals surface area contributed by atoms with Crippen molar-refractivity contribution in [1.29, 1.82) is 0 Å². The fourth-order valence-electron chi connectivity index (χ4n) is 4.60. The molecule has 0 radical (unpaired) electrons. The number of nitrogens with two attached hydrogens (primary N) is 1. The van der Waals surface area contributed by atoms with Crippen LogP contribution in [0.3, 0.4) is 0 Å². The predicted octanol–water partition coefficient (Wildman–Crippen LogP) is 3.69. The van der Waals surface area contributed by atoms with Gasteiger partial charge in [-0.2, -0.15) is 0 Å². The summed E-state index contributed by atoms with van der Waals surface area (Å²) in [4.78, 5) is 0. The van der Waals surface area contributed by atoms with E-state index in [1.165, 1.54) is 51.4 Å². The van der Waals surface area contributed by atoms with Crippen LogP contribution in [0.15, 0.2) is 0 Å². The van der Waals surface area contributed by atoms with Crippen molar-refractivity contribution in [2.75, 3.05) is 6.54 Å². The van der Waals surface area contributed by atoms with E-state index in [-0.39, 0.29) is 5.54 Å². The first-order valence-electron chi connectivity index (χ1n) is 9.22. The Hall–Kier alpha value is -0.120. The van der Waals surface area contributed by atoms with Crippen molar-refractivity contribution in [2.24, 2.45) is 17.6 Å². The average molecular weight is 296 g/mol. The van der Waals surface area contributed by atoms with Gasteiger partial charge in [-0.3, -0.25) is 0 Å². The fourth-order valence-corrected chi connectivity index (χ4v) is 4.60. The predicted molar refractivity (Wildman–Crippen MR) is 90.9 cm³/mol. The quantitative estimate of drug-likeness (QED) is 0.813. The summed E-state index contributed by atoms with van der Waals surface area (Å²) in [5.41, 5.74) is 10.3. The zero-order valence-corrected chi connectivity index (χ0v) is 14.7. The molecule has 0 amide bonds. The maximum atomic E-state index is 6.25. The molecule has 2 rings (SSSR count). The molecule has 21 heavy (non-hydrogen) atoms. The van der Waals surface area contributed by atoms with Gasteiger partial charge in [-0.15, -0.1) is 0 Å². The number of piperidine rings is 1. The number of hydrogen-bond acceptors (Lipinski definition) is 3. The smallest absolute Gasteiger partial charge is 0.0450 e. The zero-order valence-electron chi connectivity index (χ0n) is 14.7. The van der Waals surface area contributed by atoms with Gasteiger partial charge in [0, 0.05) is 24.2 Å². The second kappa shape index (κ2) is 7.43. The Kier molecular flexibility index (Phi) is 6.10. The first kappa shape index (κ1) is 17.2. The van der Waals surface area contributed by atoms with Crippen LogP contribution in [-0.2, 0) is 0 Å². The number of nitrogens with one attached hydrogen (secondary N) is 1. The van der Waals surface area contributed by atoms with Crippen molar-refractivity contribution < 1.29 is 0 Å². The molecule has 3 nitrogen and oxygen atoms in total. The van der Waals surface area contributed by atoms with Crippen LogP contribution in [0.25, 0.3) is 0 Å². The topological polar surface area (TPSA) is 41.3 Å². The minimum Gasteiger partial charge on any atom is -0.329 e. The van der Waals surface area contributed by atoms with Gasteiger partial charge in [0.1, 0.15) is 0 Å². The highest BCUT2D eigenvalue weighted by molar-refractivity contribution is 4.95. The van der Waals surface area contributed by atoms with Crippen LogP contribution in [0.4, 0.5) is 0 Å². The molecule has 0 bridgehead atoms. The Labute approximate surface area is 132 Å². The molecule has 3 N–H and O–H groups in total. The van der Waals surface area contributed by atoms with Gasteiger partial charge in [0.25, 0.3) is 0 Å². The molecule has 4 unspecified atom stereocenters. The van der Waals surface area contributed by atoms with Crippen molar-refractivity contribution in [3.05, 3.63) is 0 Å². The first-order valence-corrected chi connectivity index (χ1v) is 9.22. The van der Waals surface area contributed by atoms with Gasteiger partial charge in [-0.25, -0.2) is 10.4 Å². The zero-order chi connectivity index (χ0) is 15.5. The molecule has 2 fully saturated rings. The number of nitrogens with zero attached hydrogens (tertiary/aromatic N) is 1. The largest absolute Gasteiger partial charge is 0.329 e. The second-order valence-corrected chi connectivity index (χ2v) is 8.22. The van der Waals surface area contributed by atoms with Crippen LogP contribution in [0.2, 0.25) is 0 Å². The van der Waals surface area contributed by atoms with E-state index < -0.39 is 0 Å². The van der Waals surface area contributed by atoms with E-state index in [0.717, 1.165) is 18.4 Å². The molecule has 124 valence electrons. The molecule has 0 aromatic heterocycles. The summed E-state index contributed by atoms with van der Waals surface area (Å²) in [5, 5.41) is 2.54. The second-order valence-electron chi connectivity index (χ2n) is 8.22. The number of rotatable bonds is 5. The van der Waals surface area contributed by atoms with E-state index in [4.69, 9.17) is 5.73 Å². The molecule has 1 saturated carbocycles. The van der Waals surface area contributed by atoms with Gasteiger partial charge in [-0.05, 0) is 57.8 Å². The van der Waals surface area contributed by atoms with Gasteiger partial charge in [0.05, 0.1) is 0 Å². The first-order chi connectivity index (χ1) is 9.96. The lowest BCUT2D eigenvalue weighted by Crippen LogP contribution is -2.64. The number of hydrogen-bond donors (Lipinski definition) is 2. The van der Waals surface area contributed by atoms with E-state index in [9.17, 15) is 0 Å². The van der Waals surface area contributed by atoms with E-state index >= 15 is 0 Å². The minimum absolute atomic E-state index is 0.150. The summed E-state index contributed by atoms with van der Waals surface area (Å²) in [7, 11) is 0. The average Bonchev–Trinajstić information content (AvgIpc) is 2.43.